The average molecular weight is 399 g/mol. The van der Waals surface area contributed by atoms with Crippen LogP contribution in [0.2, 0.25) is 0 Å². The van der Waals surface area contributed by atoms with E-state index in [4.69, 9.17) is 0 Å². The highest BCUT2D eigenvalue weighted by atomic mass is 16.1. The second kappa shape index (κ2) is 8.74. The number of nitrogens with zero attached hydrogens (tertiary/aromatic N) is 2. The van der Waals surface area contributed by atoms with Crippen molar-refractivity contribution in [2.75, 3.05) is 5.32 Å². The molecule has 0 atom stereocenters. The number of para-hydroxylation sites is 1. The number of Topliss-reactive ketones (excluding diaryl/α,β-unsaturated/α-hetero) is 1. The van der Waals surface area contributed by atoms with Gasteiger partial charge >= 0.3 is 0 Å². The molecule has 3 rings (SSSR count). The van der Waals surface area contributed by atoms with Crippen molar-refractivity contribution in [3.05, 3.63) is 101 Å². The molecule has 0 saturated carbocycles. The molecule has 0 radical (unpaired) electrons. The van der Waals surface area contributed by atoms with Gasteiger partial charge in [0.2, 0.25) is 0 Å². The van der Waals surface area contributed by atoms with Gasteiger partial charge in [-0.1, -0.05) is 51.3 Å². The number of benzene rings is 1. The van der Waals surface area contributed by atoms with Crippen molar-refractivity contribution in [3.63, 3.8) is 0 Å². The lowest BCUT2D eigenvalue weighted by atomic mass is 10.0. The second-order valence-electron chi connectivity index (χ2n) is 7.29. The maximum Gasteiger partial charge on any atom is 0.193 e. The molecular weight excluding hydrogens is 374 g/mol. The molecular formula is C25H25N3O2. The Balaban J connectivity index is 2.43. The van der Waals surface area contributed by atoms with Crippen molar-refractivity contribution in [2.24, 2.45) is 5.92 Å². The first-order chi connectivity index (χ1) is 14.4. The maximum atomic E-state index is 13.0. The highest BCUT2D eigenvalue weighted by Gasteiger charge is 2.19. The molecule has 0 spiro atoms. The highest BCUT2D eigenvalue weighted by Crippen LogP contribution is 2.25. The van der Waals surface area contributed by atoms with Gasteiger partial charge in [0.1, 0.15) is 11.5 Å². The normalized spacial score (nSPS) is 11.5. The van der Waals surface area contributed by atoms with E-state index >= 15 is 0 Å². The Morgan fingerprint density at radius 1 is 1.17 bits per heavy atom. The Hall–Kier alpha value is -3.73. The van der Waals surface area contributed by atoms with Crippen LogP contribution >= 0.6 is 0 Å². The first-order valence-corrected chi connectivity index (χ1v) is 9.76. The molecule has 0 unspecified atom stereocenters. The van der Waals surface area contributed by atoms with E-state index in [0.717, 1.165) is 11.3 Å². The van der Waals surface area contributed by atoms with Crippen LogP contribution in [0.1, 0.15) is 29.9 Å². The number of ketones is 1. The van der Waals surface area contributed by atoms with Crippen LogP contribution in [0.3, 0.4) is 0 Å². The first-order valence-electron chi connectivity index (χ1n) is 9.76. The van der Waals surface area contributed by atoms with Gasteiger partial charge in [-0.2, -0.15) is 0 Å². The number of pyridine rings is 2. The summed E-state index contributed by atoms with van der Waals surface area (Å²) in [4.78, 5) is 30.3. The van der Waals surface area contributed by atoms with E-state index in [1.807, 2.05) is 55.7 Å². The van der Waals surface area contributed by atoms with E-state index < -0.39 is 0 Å². The standard InChI is InChI=1S/C25H25N3O2/c1-6-11-18(7-2)26-22-15-21(29)23-17(5)14-20(24(30)16(3)4)27-25(23)28(22)19-12-9-8-10-13-19/h6-16,26H,1-2H2,3-5H3/b18-11+. The summed E-state index contributed by atoms with van der Waals surface area (Å²) in [5.41, 5.74) is 2.82. The first kappa shape index (κ1) is 21.0. The third kappa shape index (κ3) is 4.01. The van der Waals surface area contributed by atoms with E-state index in [2.05, 4.69) is 23.5 Å². The summed E-state index contributed by atoms with van der Waals surface area (Å²) in [5, 5.41) is 3.71. The summed E-state index contributed by atoms with van der Waals surface area (Å²) >= 11 is 0. The van der Waals surface area contributed by atoms with E-state index in [1.165, 1.54) is 6.07 Å². The van der Waals surface area contributed by atoms with Crippen molar-refractivity contribution < 1.29 is 4.79 Å². The summed E-state index contributed by atoms with van der Waals surface area (Å²) in [6.45, 7) is 13.0. The van der Waals surface area contributed by atoms with E-state index in [0.29, 0.717) is 28.2 Å². The van der Waals surface area contributed by atoms with Crippen molar-refractivity contribution in [1.29, 1.82) is 0 Å². The molecule has 0 bridgehead atoms. The minimum Gasteiger partial charge on any atom is -0.341 e. The number of allylic oxidation sites excluding steroid dienone is 3. The third-order valence-corrected chi connectivity index (χ3v) is 4.75. The average Bonchev–Trinajstić information content (AvgIpc) is 2.72. The van der Waals surface area contributed by atoms with Gasteiger partial charge in [0, 0.05) is 23.4 Å². The maximum absolute atomic E-state index is 13.0. The lowest BCUT2D eigenvalue weighted by Crippen LogP contribution is -2.18. The molecule has 0 aliphatic rings. The Bertz CT molecular complexity index is 1220. The lowest BCUT2D eigenvalue weighted by molar-refractivity contribution is 0.0934. The van der Waals surface area contributed by atoms with Crippen molar-refractivity contribution in [3.8, 4) is 5.69 Å². The van der Waals surface area contributed by atoms with Gasteiger partial charge in [0.05, 0.1) is 5.39 Å². The van der Waals surface area contributed by atoms with Crippen LogP contribution < -0.4 is 10.7 Å². The predicted molar refractivity (Wildman–Crippen MR) is 123 cm³/mol. The minimum atomic E-state index is -0.199. The highest BCUT2D eigenvalue weighted by molar-refractivity contribution is 5.98. The molecule has 5 nitrogen and oxygen atoms in total. The number of anilines is 1. The minimum absolute atomic E-state index is 0.0660. The summed E-state index contributed by atoms with van der Waals surface area (Å²) in [5.74, 6) is 0.256. The predicted octanol–water partition coefficient (Wildman–Crippen LogP) is 5.20. The Kier molecular flexibility index (Phi) is 6.11. The van der Waals surface area contributed by atoms with Gasteiger partial charge in [0.15, 0.2) is 16.9 Å². The fraction of sp³-hybridized carbons (Fsp3) is 0.160. The summed E-state index contributed by atoms with van der Waals surface area (Å²) in [7, 11) is 0. The molecule has 1 N–H and O–H groups in total. The third-order valence-electron chi connectivity index (χ3n) is 4.75. The van der Waals surface area contributed by atoms with Gasteiger partial charge in [0.25, 0.3) is 0 Å². The Morgan fingerprint density at radius 3 is 2.47 bits per heavy atom. The number of aryl methyl sites for hydroxylation is 1. The quantitative estimate of drug-likeness (QED) is 0.438. The largest absolute Gasteiger partial charge is 0.341 e. The molecule has 0 aliphatic heterocycles. The van der Waals surface area contributed by atoms with Crippen LogP contribution in [0.5, 0.6) is 0 Å². The number of nitrogens with one attached hydrogen (secondary N) is 1. The number of carbonyl (C=O) groups is 1. The van der Waals surface area contributed by atoms with Crippen molar-refractivity contribution >= 4 is 22.6 Å². The lowest BCUT2D eigenvalue weighted by Gasteiger charge is -2.19. The van der Waals surface area contributed by atoms with Crippen LogP contribution in [0, 0.1) is 12.8 Å². The number of rotatable bonds is 7. The zero-order valence-electron chi connectivity index (χ0n) is 17.5. The number of carbonyl (C=O) groups excluding carboxylic acids is 1. The number of hydrogen-bond donors (Lipinski definition) is 1. The summed E-state index contributed by atoms with van der Waals surface area (Å²) < 4.78 is 1.85. The molecule has 3 aromatic rings. The smallest absolute Gasteiger partial charge is 0.193 e. The van der Waals surface area contributed by atoms with Crippen LogP contribution in [0.25, 0.3) is 16.7 Å². The zero-order chi connectivity index (χ0) is 21.8. The van der Waals surface area contributed by atoms with Gasteiger partial charge < -0.3 is 5.32 Å². The topological polar surface area (TPSA) is 64.0 Å². The zero-order valence-corrected chi connectivity index (χ0v) is 17.5. The Morgan fingerprint density at radius 2 is 1.87 bits per heavy atom. The van der Waals surface area contributed by atoms with Gasteiger partial charge in [-0.05, 0) is 42.8 Å². The molecule has 30 heavy (non-hydrogen) atoms. The molecule has 2 aromatic heterocycles. The fourth-order valence-corrected chi connectivity index (χ4v) is 3.29. The van der Waals surface area contributed by atoms with Crippen molar-refractivity contribution in [2.45, 2.75) is 20.8 Å². The second-order valence-corrected chi connectivity index (χ2v) is 7.29. The van der Waals surface area contributed by atoms with Gasteiger partial charge in [-0.15, -0.1) is 0 Å². The molecule has 2 heterocycles. The molecule has 0 saturated heterocycles. The molecule has 152 valence electrons. The summed E-state index contributed by atoms with van der Waals surface area (Å²) in [6.07, 6.45) is 5.04. The Labute approximate surface area is 176 Å². The number of fused-ring (bicyclic) bond motifs is 1. The van der Waals surface area contributed by atoms with Crippen LogP contribution in [-0.2, 0) is 0 Å². The molecule has 5 heteroatoms. The van der Waals surface area contributed by atoms with Gasteiger partial charge in [-0.25, -0.2) is 4.98 Å². The van der Waals surface area contributed by atoms with E-state index in [1.54, 1.807) is 24.3 Å². The van der Waals surface area contributed by atoms with Gasteiger partial charge in [-0.3, -0.25) is 14.2 Å². The number of hydrogen-bond acceptors (Lipinski definition) is 4. The molecule has 0 fully saturated rings. The summed E-state index contributed by atoms with van der Waals surface area (Å²) in [6, 6.07) is 12.8. The SMILES string of the molecule is C=C/C=C(\C=C)Nc1cc(=O)c2c(C)cc(C(=O)C(C)C)nc2n1-c1ccccc1. The monoisotopic (exact) mass is 399 g/mol. The molecule has 1 aromatic carbocycles. The van der Waals surface area contributed by atoms with Crippen LogP contribution in [-0.4, -0.2) is 15.3 Å². The van der Waals surface area contributed by atoms with E-state index in [9.17, 15) is 9.59 Å². The molecule has 0 aliphatic carbocycles. The molecule has 0 amide bonds. The van der Waals surface area contributed by atoms with Crippen LogP contribution in [0.15, 0.2) is 84.3 Å². The van der Waals surface area contributed by atoms with Crippen LogP contribution in [0.4, 0.5) is 5.82 Å². The number of aromatic nitrogens is 2. The van der Waals surface area contributed by atoms with Crippen molar-refractivity contribution in [1.82, 2.24) is 9.55 Å². The van der Waals surface area contributed by atoms with E-state index in [-0.39, 0.29) is 17.1 Å². The fourth-order valence-electron chi connectivity index (χ4n) is 3.29.